The quantitative estimate of drug-likeness (QED) is 0.690. The molecule has 7 nitrogen and oxygen atoms in total. The summed E-state index contributed by atoms with van der Waals surface area (Å²) < 4.78 is 33.6. The highest BCUT2D eigenvalue weighted by Crippen LogP contribution is 2.24. The Bertz CT molecular complexity index is 745. The second kappa shape index (κ2) is 7.86. The van der Waals surface area contributed by atoms with Crippen LogP contribution in [0, 0.1) is 0 Å². The molecule has 1 aromatic rings. The highest BCUT2D eigenvalue weighted by atomic mass is 32.2. The lowest BCUT2D eigenvalue weighted by Gasteiger charge is -2.32. The number of nitrogens with zero attached hydrogens (tertiary/aromatic N) is 1. The van der Waals surface area contributed by atoms with Crippen LogP contribution in [0.25, 0.3) is 0 Å². The van der Waals surface area contributed by atoms with Gasteiger partial charge in [-0.2, -0.15) is 0 Å². The van der Waals surface area contributed by atoms with Crippen molar-refractivity contribution in [3.05, 3.63) is 29.8 Å². The molecule has 0 saturated carbocycles. The number of carbonyl (C=O) groups is 2. The van der Waals surface area contributed by atoms with E-state index in [4.69, 9.17) is 9.47 Å². The molecule has 1 aliphatic rings. The zero-order chi connectivity index (χ0) is 18.6. The van der Waals surface area contributed by atoms with Crippen molar-refractivity contribution < 1.29 is 27.5 Å². The predicted molar refractivity (Wildman–Crippen MR) is 92.1 cm³/mol. The molecule has 1 amide bonds. The Morgan fingerprint density at radius 3 is 2.52 bits per heavy atom. The van der Waals surface area contributed by atoms with E-state index in [0.29, 0.717) is 17.7 Å². The van der Waals surface area contributed by atoms with E-state index >= 15 is 0 Å². The van der Waals surface area contributed by atoms with E-state index in [1.807, 2.05) is 0 Å². The lowest BCUT2D eigenvalue weighted by molar-refractivity contribution is -0.153. The molecular formula is C17H23NO6S. The summed E-state index contributed by atoms with van der Waals surface area (Å²) in [5, 5.41) is 0. The summed E-state index contributed by atoms with van der Waals surface area (Å²) in [4.78, 5) is 26.2. The fourth-order valence-electron chi connectivity index (χ4n) is 3.12. The molecule has 0 aliphatic carbocycles. The zero-order valence-electron chi connectivity index (χ0n) is 14.6. The standard InChI is InChI=1S/C17H23NO6S/c1-12(17(20)24-3)18(14-8-9-25(21,22)11-14)16(19)10-13-6-4-5-7-15(13)23-2/h4-7,12,14H,8-11H2,1-3H3. The first-order chi connectivity index (χ1) is 11.8. The van der Waals surface area contributed by atoms with E-state index in [-0.39, 0.29) is 23.8 Å². The van der Waals surface area contributed by atoms with Gasteiger partial charge in [0.05, 0.1) is 32.1 Å². The van der Waals surface area contributed by atoms with Gasteiger partial charge in [-0.3, -0.25) is 4.79 Å². The second-order valence-corrected chi connectivity index (χ2v) is 8.27. The Kier molecular flexibility index (Phi) is 6.05. The van der Waals surface area contributed by atoms with Crippen LogP contribution in [0.4, 0.5) is 0 Å². The Morgan fingerprint density at radius 2 is 1.96 bits per heavy atom. The molecule has 2 rings (SSSR count). The third kappa shape index (κ3) is 4.50. The summed E-state index contributed by atoms with van der Waals surface area (Å²) in [5.74, 6) is -0.446. The first kappa shape index (κ1) is 19.2. The maximum atomic E-state index is 12.9. The average Bonchev–Trinajstić information content (AvgIpc) is 2.94. The van der Waals surface area contributed by atoms with Crippen molar-refractivity contribution in [2.24, 2.45) is 0 Å². The number of rotatable bonds is 6. The van der Waals surface area contributed by atoms with Crippen LogP contribution in [0.3, 0.4) is 0 Å². The van der Waals surface area contributed by atoms with Crippen molar-refractivity contribution >= 4 is 21.7 Å². The number of esters is 1. The second-order valence-electron chi connectivity index (χ2n) is 6.05. The molecule has 8 heteroatoms. The fourth-order valence-corrected chi connectivity index (χ4v) is 4.83. The van der Waals surface area contributed by atoms with E-state index in [2.05, 4.69) is 0 Å². The molecular weight excluding hydrogens is 346 g/mol. The van der Waals surface area contributed by atoms with Crippen molar-refractivity contribution in [3.63, 3.8) is 0 Å². The molecule has 25 heavy (non-hydrogen) atoms. The van der Waals surface area contributed by atoms with E-state index in [9.17, 15) is 18.0 Å². The number of sulfone groups is 1. The number of benzene rings is 1. The van der Waals surface area contributed by atoms with Gasteiger partial charge < -0.3 is 14.4 Å². The Labute approximate surface area is 147 Å². The van der Waals surface area contributed by atoms with Crippen LogP contribution in [0.1, 0.15) is 18.9 Å². The van der Waals surface area contributed by atoms with Crippen LogP contribution in [0.15, 0.2) is 24.3 Å². The van der Waals surface area contributed by atoms with Gasteiger partial charge in [0.25, 0.3) is 0 Å². The summed E-state index contributed by atoms with van der Waals surface area (Å²) in [7, 11) is -0.438. The number of methoxy groups -OCH3 is 2. The number of carbonyl (C=O) groups excluding carboxylic acids is 2. The first-order valence-corrected chi connectivity index (χ1v) is 9.82. The van der Waals surface area contributed by atoms with Crippen molar-refractivity contribution in [2.45, 2.75) is 31.8 Å². The van der Waals surface area contributed by atoms with Gasteiger partial charge in [0.2, 0.25) is 5.91 Å². The molecule has 0 radical (unpaired) electrons. The SMILES string of the molecule is COC(=O)C(C)N(C(=O)Cc1ccccc1OC)C1CCS(=O)(=O)C1. The zero-order valence-corrected chi connectivity index (χ0v) is 15.4. The van der Waals surface area contributed by atoms with Gasteiger partial charge in [-0.25, -0.2) is 13.2 Å². The first-order valence-electron chi connectivity index (χ1n) is 8.00. The van der Waals surface area contributed by atoms with Gasteiger partial charge in [0.15, 0.2) is 9.84 Å². The number of para-hydroxylation sites is 1. The Morgan fingerprint density at radius 1 is 1.28 bits per heavy atom. The maximum absolute atomic E-state index is 12.9. The molecule has 2 unspecified atom stereocenters. The summed E-state index contributed by atoms with van der Waals surface area (Å²) in [5.41, 5.74) is 0.679. The predicted octanol–water partition coefficient (Wildman–Crippen LogP) is 0.815. The highest BCUT2D eigenvalue weighted by molar-refractivity contribution is 7.91. The smallest absolute Gasteiger partial charge is 0.328 e. The molecule has 0 N–H and O–H groups in total. The van der Waals surface area contributed by atoms with Gasteiger partial charge in [0.1, 0.15) is 11.8 Å². The van der Waals surface area contributed by atoms with Crippen molar-refractivity contribution in [1.82, 2.24) is 4.90 Å². The van der Waals surface area contributed by atoms with E-state index in [0.717, 1.165) is 0 Å². The van der Waals surface area contributed by atoms with E-state index < -0.39 is 27.9 Å². The van der Waals surface area contributed by atoms with Gasteiger partial charge in [0, 0.05) is 11.6 Å². The lowest BCUT2D eigenvalue weighted by Crippen LogP contribution is -2.50. The molecule has 138 valence electrons. The maximum Gasteiger partial charge on any atom is 0.328 e. The molecule has 2 atom stereocenters. The van der Waals surface area contributed by atoms with Crippen LogP contribution in [0.5, 0.6) is 5.75 Å². The topological polar surface area (TPSA) is 90.0 Å². The third-order valence-electron chi connectivity index (χ3n) is 4.38. The molecule has 1 fully saturated rings. The summed E-state index contributed by atoms with van der Waals surface area (Å²) >= 11 is 0. The molecule has 1 aromatic carbocycles. The van der Waals surface area contributed by atoms with Crippen LogP contribution >= 0.6 is 0 Å². The largest absolute Gasteiger partial charge is 0.496 e. The van der Waals surface area contributed by atoms with Crippen LogP contribution < -0.4 is 4.74 Å². The number of hydrogen-bond acceptors (Lipinski definition) is 6. The Hall–Kier alpha value is -2.09. The Balaban J connectivity index is 2.28. The minimum Gasteiger partial charge on any atom is -0.496 e. The van der Waals surface area contributed by atoms with E-state index in [1.165, 1.54) is 19.1 Å². The van der Waals surface area contributed by atoms with Crippen molar-refractivity contribution in [1.29, 1.82) is 0 Å². The molecule has 0 aromatic heterocycles. The summed E-state index contributed by atoms with van der Waals surface area (Å²) in [6.07, 6.45) is 0.337. The summed E-state index contributed by atoms with van der Waals surface area (Å²) in [6, 6.07) is 5.72. The van der Waals surface area contributed by atoms with Crippen molar-refractivity contribution in [2.75, 3.05) is 25.7 Å². The van der Waals surface area contributed by atoms with E-state index in [1.54, 1.807) is 31.2 Å². The molecule has 1 saturated heterocycles. The minimum atomic E-state index is -3.20. The highest BCUT2D eigenvalue weighted by Gasteiger charge is 2.39. The van der Waals surface area contributed by atoms with Gasteiger partial charge >= 0.3 is 5.97 Å². The number of hydrogen-bond donors (Lipinski definition) is 0. The van der Waals surface area contributed by atoms with Crippen LogP contribution in [-0.4, -0.2) is 63.0 Å². The lowest BCUT2D eigenvalue weighted by atomic mass is 10.1. The molecule has 1 heterocycles. The van der Waals surface area contributed by atoms with Gasteiger partial charge in [-0.15, -0.1) is 0 Å². The fraction of sp³-hybridized carbons (Fsp3) is 0.529. The summed E-state index contributed by atoms with van der Waals surface area (Å²) in [6.45, 7) is 1.55. The van der Waals surface area contributed by atoms with Crippen LogP contribution in [-0.2, 0) is 30.6 Å². The third-order valence-corrected chi connectivity index (χ3v) is 6.13. The normalized spacial score (nSPS) is 19.9. The van der Waals surface area contributed by atoms with Gasteiger partial charge in [-0.05, 0) is 19.4 Å². The molecule has 1 aliphatic heterocycles. The number of amides is 1. The molecule has 0 bridgehead atoms. The minimum absolute atomic E-state index is 0.0158. The van der Waals surface area contributed by atoms with Gasteiger partial charge in [-0.1, -0.05) is 18.2 Å². The van der Waals surface area contributed by atoms with Crippen LogP contribution in [0.2, 0.25) is 0 Å². The average molecular weight is 369 g/mol. The number of ether oxygens (including phenoxy) is 2. The van der Waals surface area contributed by atoms with Crippen molar-refractivity contribution in [3.8, 4) is 5.75 Å². The monoisotopic (exact) mass is 369 g/mol. The molecule has 0 spiro atoms.